The fourth-order valence-corrected chi connectivity index (χ4v) is 3.92. The molecule has 1 aliphatic heterocycles. The van der Waals surface area contributed by atoms with Gasteiger partial charge in [0.25, 0.3) is 5.91 Å². The van der Waals surface area contributed by atoms with E-state index in [-0.39, 0.29) is 17.9 Å². The first-order chi connectivity index (χ1) is 14.9. The van der Waals surface area contributed by atoms with Crippen molar-refractivity contribution in [3.8, 4) is 17.6 Å². The number of hydrogen-bond donors (Lipinski definition) is 0. The fourth-order valence-electron chi connectivity index (χ4n) is 3.73. The van der Waals surface area contributed by atoms with Crippen LogP contribution < -0.4 is 9.47 Å². The van der Waals surface area contributed by atoms with Crippen LogP contribution in [0.5, 0.6) is 11.5 Å². The molecule has 0 bridgehead atoms. The van der Waals surface area contributed by atoms with E-state index < -0.39 is 0 Å². The molecule has 0 aliphatic carbocycles. The molecule has 1 amide bonds. The van der Waals surface area contributed by atoms with E-state index in [2.05, 4.69) is 11.0 Å². The summed E-state index contributed by atoms with van der Waals surface area (Å²) in [5, 5.41) is 10.1. The predicted molar refractivity (Wildman–Crippen MR) is 120 cm³/mol. The van der Waals surface area contributed by atoms with Gasteiger partial charge in [-0.2, -0.15) is 5.26 Å². The molecule has 0 aromatic heterocycles. The Morgan fingerprint density at radius 1 is 1.13 bits per heavy atom. The van der Waals surface area contributed by atoms with Gasteiger partial charge in [-0.15, -0.1) is 0 Å². The molecular weight excluding hydrogens is 414 g/mol. The van der Waals surface area contributed by atoms with Crippen molar-refractivity contribution in [1.29, 1.82) is 5.26 Å². The van der Waals surface area contributed by atoms with Crippen LogP contribution in [0.2, 0.25) is 5.02 Å². The Kier molecular flexibility index (Phi) is 7.78. The van der Waals surface area contributed by atoms with Gasteiger partial charge >= 0.3 is 0 Å². The van der Waals surface area contributed by atoms with E-state index in [0.717, 1.165) is 5.56 Å². The van der Waals surface area contributed by atoms with E-state index in [1.807, 2.05) is 43.0 Å². The lowest BCUT2D eigenvalue weighted by atomic mass is 10.0. The lowest BCUT2D eigenvalue weighted by Gasteiger charge is -2.38. The van der Waals surface area contributed by atoms with Crippen molar-refractivity contribution in [3.63, 3.8) is 0 Å². The zero-order chi connectivity index (χ0) is 22.4. The highest BCUT2D eigenvalue weighted by Crippen LogP contribution is 2.30. The van der Waals surface area contributed by atoms with Gasteiger partial charge in [-0.1, -0.05) is 43.6 Å². The number of halogens is 1. The minimum absolute atomic E-state index is 0.0475. The Hall–Kier alpha value is -2.75. The van der Waals surface area contributed by atoms with E-state index in [1.54, 1.807) is 25.3 Å². The third kappa shape index (κ3) is 5.49. The van der Waals surface area contributed by atoms with Crippen LogP contribution >= 0.6 is 11.6 Å². The molecule has 7 heteroatoms. The number of methoxy groups -OCH3 is 1. The van der Waals surface area contributed by atoms with Crippen LogP contribution in [0.3, 0.4) is 0 Å². The zero-order valence-electron chi connectivity index (χ0n) is 18.2. The van der Waals surface area contributed by atoms with E-state index in [9.17, 15) is 10.1 Å². The molecule has 1 atom stereocenters. The summed E-state index contributed by atoms with van der Waals surface area (Å²) in [6, 6.07) is 15.0. The highest BCUT2D eigenvalue weighted by molar-refractivity contribution is 6.31. The molecule has 1 heterocycles. The molecule has 1 aliphatic rings. The summed E-state index contributed by atoms with van der Waals surface area (Å²) in [5.41, 5.74) is 1.43. The topological polar surface area (TPSA) is 65.8 Å². The number of nitrogens with zero attached hydrogens (tertiary/aromatic N) is 3. The lowest BCUT2D eigenvalue weighted by Crippen LogP contribution is -2.52. The molecule has 164 valence electrons. The van der Waals surface area contributed by atoms with Gasteiger partial charge < -0.3 is 14.4 Å². The van der Waals surface area contributed by atoms with E-state index in [4.69, 9.17) is 21.1 Å². The van der Waals surface area contributed by atoms with Crippen molar-refractivity contribution in [2.45, 2.75) is 26.5 Å². The van der Waals surface area contributed by atoms with Crippen LogP contribution in [0.15, 0.2) is 42.5 Å². The van der Waals surface area contributed by atoms with Gasteiger partial charge in [0.2, 0.25) is 0 Å². The van der Waals surface area contributed by atoms with Crippen molar-refractivity contribution in [3.05, 3.63) is 58.6 Å². The molecule has 6 nitrogen and oxygen atoms in total. The van der Waals surface area contributed by atoms with E-state index in [1.165, 1.54) is 0 Å². The maximum absolute atomic E-state index is 13.0. The summed E-state index contributed by atoms with van der Waals surface area (Å²) >= 11 is 6.19. The maximum atomic E-state index is 13.0. The molecule has 1 saturated heterocycles. The Labute approximate surface area is 188 Å². The quantitative estimate of drug-likeness (QED) is 0.643. The summed E-state index contributed by atoms with van der Waals surface area (Å²) in [6.07, 6.45) is 0. The van der Waals surface area contributed by atoms with Crippen molar-refractivity contribution in [2.75, 3.05) is 33.3 Å². The van der Waals surface area contributed by atoms with Crippen molar-refractivity contribution < 1.29 is 14.3 Å². The van der Waals surface area contributed by atoms with Gasteiger partial charge in [0.05, 0.1) is 13.2 Å². The maximum Gasteiger partial charge on any atom is 0.254 e. The van der Waals surface area contributed by atoms with Gasteiger partial charge in [-0.3, -0.25) is 9.69 Å². The monoisotopic (exact) mass is 441 g/mol. The van der Waals surface area contributed by atoms with Gasteiger partial charge in [-0.25, -0.2) is 0 Å². The van der Waals surface area contributed by atoms with Crippen LogP contribution in [0.1, 0.15) is 29.8 Å². The number of nitriles is 1. The van der Waals surface area contributed by atoms with Crippen LogP contribution in [-0.2, 0) is 6.61 Å². The molecule has 1 fully saturated rings. The highest BCUT2D eigenvalue weighted by Gasteiger charge is 2.28. The average molecular weight is 442 g/mol. The number of hydrogen-bond acceptors (Lipinski definition) is 5. The predicted octanol–water partition coefficient (Wildman–Crippen LogP) is 4.23. The number of amides is 1. The Morgan fingerprint density at radius 2 is 1.84 bits per heavy atom. The smallest absolute Gasteiger partial charge is 0.254 e. The second-order valence-corrected chi connectivity index (χ2v) is 8.30. The second-order valence-electron chi connectivity index (χ2n) is 7.89. The Balaban J connectivity index is 1.65. The lowest BCUT2D eigenvalue weighted by molar-refractivity contribution is 0.0576. The van der Waals surface area contributed by atoms with Crippen LogP contribution in [0.25, 0.3) is 0 Å². The normalized spacial score (nSPS) is 15.4. The molecule has 0 N–H and O–H groups in total. The van der Waals surface area contributed by atoms with E-state index >= 15 is 0 Å². The molecule has 2 aromatic carbocycles. The molecule has 31 heavy (non-hydrogen) atoms. The van der Waals surface area contributed by atoms with Crippen molar-refractivity contribution >= 4 is 17.5 Å². The zero-order valence-corrected chi connectivity index (χ0v) is 18.9. The van der Waals surface area contributed by atoms with Crippen LogP contribution in [0, 0.1) is 17.2 Å². The number of rotatable bonds is 7. The SMILES string of the molecule is COc1cc(C(=O)N2CCN(C(C#N)C(C)C)CC2)ccc1OCc1ccccc1Cl. The number of ether oxygens (including phenoxy) is 2. The third-order valence-corrected chi connectivity index (χ3v) is 5.88. The summed E-state index contributed by atoms with van der Waals surface area (Å²) in [6.45, 7) is 6.98. The number of carbonyl (C=O) groups is 1. The standard InChI is InChI=1S/C24H28ClN3O3/c1-17(2)21(15-26)27-10-12-28(13-11-27)24(29)18-8-9-22(23(14-18)30-3)31-16-19-6-4-5-7-20(19)25/h4-9,14,17,21H,10-13,16H2,1-3H3. The fraction of sp³-hybridized carbons (Fsp3) is 0.417. The summed E-state index contributed by atoms with van der Waals surface area (Å²) < 4.78 is 11.3. The van der Waals surface area contributed by atoms with Crippen LogP contribution in [-0.4, -0.2) is 55.0 Å². The van der Waals surface area contributed by atoms with Crippen molar-refractivity contribution in [2.24, 2.45) is 5.92 Å². The first-order valence-electron chi connectivity index (χ1n) is 10.4. The summed E-state index contributed by atoms with van der Waals surface area (Å²) in [7, 11) is 1.55. The Bertz CT molecular complexity index is 949. The second kappa shape index (κ2) is 10.5. The van der Waals surface area contributed by atoms with Gasteiger partial charge in [0, 0.05) is 42.3 Å². The summed E-state index contributed by atoms with van der Waals surface area (Å²) in [4.78, 5) is 17.0. The summed E-state index contributed by atoms with van der Waals surface area (Å²) in [5.74, 6) is 1.27. The first-order valence-corrected chi connectivity index (χ1v) is 10.8. The van der Waals surface area contributed by atoms with Gasteiger partial charge in [-0.05, 0) is 30.2 Å². The number of carbonyl (C=O) groups excluding carboxylic acids is 1. The minimum Gasteiger partial charge on any atom is -0.493 e. The van der Waals surface area contributed by atoms with Crippen LogP contribution in [0.4, 0.5) is 0 Å². The molecular formula is C24H28ClN3O3. The van der Waals surface area contributed by atoms with Gasteiger partial charge in [0.15, 0.2) is 11.5 Å². The first kappa shape index (κ1) is 22.9. The minimum atomic E-state index is -0.119. The highest BCUT2D eigenvalue weighted by atomic mass is 35.5. The number of benzene rings is 2. The Morgan fingerprint density at radius 3 is 2.45 bits per heavy atom. The molecule has 1 unspecified atom stereocenters. The third-order valence-electron chi connectivity index (χ3n) is 5.51. The average Bonchev–Trinajstić information content (AvgIpc) is 2.78. The molecule has 2 aromatic rings. The van der Waals surface area contributed by atoms with Gasteiger partial charge in [0.1, 0.15) is 12.6 Å². The molecule has 0 radical (unpaired) electrons. The van der Waals surface area contributed by atoms with Crippen molar-refractivity contribution in [1.82, 2.24) is 9.80 Å². The number of piperazine rings is 1. The molecule has 3 rings (SSSR count). The largest absolute Gasteiger partial charge is 0.493 e. The molecule has 0 spiro atoms. The van der Waals surface area contributed by atoms with E-state index in [0.29, 0.717) is 54.9 Å². The molecule has 0 saturated carbocycles.